The van der Waals surface area contributed by atoms with E-state index < -0.39 is 25.2 Å². The van der Waals surface area contributed by atoms with E-state index in [0.29, 0.717) is 12.2 Å². The van der Waals surface area contributed by atoms with Gasteiger partial charge in [-0.3, -0.25) is 4.21 Å². The minimum Gasteiger partial charge on any atom is -0.404 e. The van der Waals surface area contributed by atoms with Crippen LogP contribution in [0, 0.1) is 0 Å². The lowest BCUT2D eigenvalue weighted by Gasteiger charge is -2.46. The molecule has 1 saturated heterocycles. The van der Waals surface area contributed by atoms with Crippen LogP contribution in [0.2, 0.25) is 5.04 Å². The summed E-state index contributed by atoms with van der Waals surface area (Å²) in [7, 11) is -3.77. The summed E-state index contributed by atoms with van der Waals surface area (Å²) in [4.78, 5) is 0. The largest absolute Gasteiger partial charge is 0.404 e. The summed E-state index contributed by atoms with van der Waals surface area (Å²) >= 11 is 0. The van der Waals surface area contributed by atoms with Crippen LogP contribution in [-0.4, -0.2) is 34.7 Å². The number of aliphatic hydroxyl groups is 1. The molecular formula is C28H34O3SSi. The van der Waals surface area contributed by atoms with Crippen LogP contribution in [0.4, 0.5) is 0 Å². The Balaban J connectivity index is 1.71. The molecule has 5 heteroatoms. The number of benzene rings is 3. The van der Waals surface area contributed by atoms with Crippen LogP contribution in [-0.2, 0) is 15.2 Å². The lowest BCUT2D eigenvalue weighted by molar-refractivity contribution is 0.118. The molecular weight excluding hydrogens is 444 g/mol. The SMILES string of the molecule is CC(C)(C)[Si](O[C@H]1CC[S@](=O)[C@H]([C@@H](O)c2ccccc2)C1)(c1ccccc1)c1ccccc1. The Kier molecular flexibility index (Phi) is 7.34. The molecule has 4 rings (SSSR count). The first-order valence-corrected chi connectivity index (χ1v) is 15.0. The third kappa shape index (κ3) is 4.92. The molecule has 4 atom stereocenters. The van der Waals surface area contributed by atoms with E-state index in [4.69, 9.17) is 4.43 Å². The lowest BCUT2D eigenvalue weighted by Crippen LogP contribution is -2.68. The van der Waals surface area contributed by atoms with Crippen LogP contribution in [0.3, 0.4) is 0 Å². The highest BCUT2D eigenvalue weighted by Crippen LogP contribution is 2.40. The molecule has 0 aromatic heterocycles. The predicted octanol–water partition coefficient (Wildman–Crippen LogP) is 4.58. The van der Waals surface area contributed by atoms with Crippen LogP contribution in [0.5, 0.6) is 0 Å². The topological polar surface area (TPSA) is 46.5 Å². The molecule has 33 heavy (non-hydrogen) atoms. The Hall–Kier alpha value is -2.05. The highest BCUT2D eigenvalue weighted by atomic mass is 32.2. The Labute approximate surface area is 201 Å². The van der Waals surface area contributed by atoms with E-state index in [-0.39, 0.29) is 16.4 Å². The molecule has 0 bridgehead atoms. The Morgan fingerprint density at radius 2 is 1.36 bits per heavy atom. The summed E-state index contributed by atoms with van der Waals surface area (Å²) in [6, 6.07) is 30.8. The highest BCUT2D eigenvalue weighted by Gasteiger charge is 2.52. The van der Waals surface area contributed by atoms with Gasteiger partial charge in [-0.2, -0.15) is 0 Å². The molecule has 0 saturated carbocycles. The standard InChI is InChI=1S/C28H34O3SSi/c1-28(2,3)33(24-15-9-5-10-16-24,25-17-11-6-12-18-25)31-23-19-20-32(30)26(21-23)27(29)22-13-7-4-8-14-22/h4-18,23,26-27,29H,19-21H2,1-3H3/t23-,26-,27-,32-/m0/s1. The number of rotatable bonds is 6. The molecule has 0 amide bonds. The quantitative estimate of drug-likeness (QED) is 0.528. The predicted molar refractivity (Wildman–Crippen MR) is 140 cm³/mol. The summed E-state index contributed by atoms with van der Waals surface area (Å²) in [5, 5.41) is 13.1. The molecule has 0 radical (unpaired) electrons. The molecule has 0 aliphatic carbocycles. The van der Waals surface area contributed by atoms with E-state index in [1.54, 1.807) is 0 Å². The monoisotopic (exact) mass is 478 g/mol. The van der Waals surface area contributed by atoms with Crippen LogP contribution in [0.1, 0.15) is 45.3 Å². The Morgan fingerprint density at radius 1 is 0.879 bits per heavy atom. The van der Waals surface area contributed by atoms with Gasteiger partial charge in [0, 0.05) is 22.7 Å². The normalized spacial score (nSPS) is 22.6. The van der Waals surface area contributed by atoms with Gasteiger partial charge in [0.05, 0.1) is 11.4 Å². The Bertz CT molecular complexity index is 1010. The maximum Gasteiger partial charge on any atom is 0.261 e. The molecule has 0 spiro atoms. The van der Waals surface area contributed by atoms with Crippen molar-refractivity contribution in [3.05, 3.63) is 96.6 Å². The molecule has 3 nitrogen and oxygen atoms in total. The highest BCUT2D eigenvalue weighted by molar-refractivity contribution is 7.85. The van der Waals surface area contributed by atoms with Gasteiger partial charge < -0.3 is 9.53 Å². The van der Waals surface area contributed by atoms with E-state index in [1.807, 2.05) is 42.5 Å². The van der Waals surface area contributed by atoms with Gasteiger partial charge in [0.1, 0.15) is 0 Å². The van der Waals surface area contributed by atoms with Gasteiger partial charge in [-0.25, -0.2) is 0 Å². The summed E-state index contributed by atoms with van der Waals surface area (Å²) in [6.45, 7) is 6.82. The second-order valence-corrected chi connectivity index (χ2v) is 15.9. The van der Waals surface area contributed by atoms with Crippen molar-refractivity contribution < 1.29 is 13.7 Å². The summed E-state index contributed by atoms with van der Waals surface area (Å²) < 4.78 is 20.2. The Morgan fingerprint density at radius 3 is 1.85 bits per heavy atom. The van der Waals surface area contributed by atoms with Gasteiger partial charge in [0.25, 0.3) is 8.32 Å². The molecule has 1 aliphatic heterocycles. The summed E-state index contributed by atoms with van der Waals surface area (Å²) in [5.41, 5.74) is 0.821. The molecule has 1 heterocycles. The van der Waals surface area contributed by atoms with Crippen molar-refractivity contribution in [1.29, 1.82) is 0 Å². The molecule has 3 aromatic rings. The van der Waals surface area contributed by atoms with Crippen molar-refractivity contribution >= 4 is 29.5 Å². The van der Waals surface area contributed by atoms with Gasteiger partial charge in [-0.1, -0.05) is 112 Å². The fourth-order valence-electron chi connectivity index (χ4n) is 5.07. The fraction of sp³-hybridized carbons (Fsp3) is 0.357. The van der Waals surface area contributed by atoms with Crippen LogP contribution in [0.25, 0.3) is 0 Å². The van der Waals surface area contributed by atoms with Crippen molar-refractivity contribution in [3.63, 3.8) is 0 Å². The van der Waals surface area contributed by atoms with E-state index in [9.17, 15) is 9.32 Å². The first-order chi connectivity index (χ1) is 15.8. The minimum absolute atomic E-state index is 0.0580. The van der Waals surface area contributed by atoms with Crippen molar-refractivity contribution in [1.82, 2.24) is 0 Å². The van der Waals surface area contributed by atoms with Crippen molar-refractivity contribution in [2.45, 2.75) is 56.1 Å². The van der Waals surface area contributed by atoms with Gasteiger partial charge >= 0.3 is 0 Å². The molecule has 1 N–H and O–H groups in total. The first kappa shape index (κ1) is 24.1. The maximum atomic E-state index is 13.0. The van der Waals surface area contributed by atoms with Crippen molar-refractivity contribution in [3.8, 4) is 0 Å². The zero-order valence-corrected chi connectivity index (χ0v) is 21.5. The second kappa shape index (κ2) is 10.1. The zero-order valence-electron chi connectivity index (χ0n) is 19.7. The third-order valence-corrected chi connectivity index (χ3v) is 13.6. The van der Waals surface area contributed by atoms with Gasteiger partial charge in [-0.05, 0) is 33.8 Å². The zero-order chi connectivity index (χ0) is 23.5. The van der Waals surface area contributed by atoms with Crippen LogP contribution >= 0.6 is 0 Å². The smallest absolute Gasteiger partial charge is 0.261 e. The van der Waals surface area contributed by atoms with Crippen molar-refractivity contribution in [2.24, 2.45) is 0 Å². The third-order valence-electron chi connectivity index (χ3n) is 6.73. The van der Waals surface area contributed by atoms with Gasteiger partial charge in [-0.15, -0.1) is 0 Å². The average molecular weight is 479 g/mol. The number of hydrogen-bond donors (Lipinski definition) is 1. The van der Waals surface area contributed by atoms with E-state index in [2.05, 4.69) is 69.3 Å². The molecule has 1 aliphatic rings. The lowest BCUT2D eigenvalue weighted by atomic mass is 10.0. The average Bonchev–Trinajstić information content (AvgIpc) is 2.84. The van der Waals surface area contributed by atoms with E-state index in [0.717, 1.165) is 12.0 Å². The maximum absolute atomic E-state index is 13.0. The number of aliphatic hydroxyl groups excluding tert-OH is 1. The van der Waals surface area contributed by atoms with Crippen LogP contribution < -0.4 is 10.4 Å². The fourth-order valence-corrected chi connectivity index (χ4v) is 11.5. The molecule has 0 unspecified atom stereocenters. The molecule has 174 valence electrons. The van der Waals surface area contributed by atoms with Gasteiger partial charge in [0.15, 0.2) is 0 Å². The summed E-state index contributed by atoms with van der Waals surface area (Å²) in [6.07, 6.45) is 0.525. The van der Waals surface area contributed by atoms with E-state index in [1.165, 1.54) is 10.4 Å². The molecule has 1 fully saturated rings. The minimum atomic E-state index is -2.68. The van der Waals surface area contributed by atoms with Gasteiger partial charge in [0.2, 0.25) is 0 Å². The number of hydrogen-bond acceptors (Lipinski definition) is 3. The summed E-state index contributed by atoms with van der Waals surface area (Å²) in [5.74, 6) is 0.553. The second-order valence-electron chi connectivity index (χ2n) is 9.91. The van der Waals surface area contributed by atoms with E-state index >= 15 is 0 Å². The molecule has 3 aromatic carbocycles. The first-order valence-electron chi connectivity index (χ1n) is 11.7. The van der Waals surface area contributed by atoms with Crippen LogP contribution in [0.15, 0.2) is 91.0 Å². The van der Waals surface area contributed by atoms with Crippen molar-refractivity contribution in [2.75, 3.05) is 5.75 Å².